The zero-order chi connectivity index (χ0) is 17.1. The lowest BCUT2D eigenvalue weighted by atomic mass is 10.1. The Labute approximate surface area is 139 Å². The maximum atomic E-state index is 13.0. The summed E-state index contributed by atoms with van der Waals surface area (Å²) in [5, 5.41) is 2.92. The molecule has 0 saturated carbocycles. The van der Waals surface area contributed by atoms with Crippen molar-refractivity contribution >= 4 is 17.5 Å². The highest BCUT2D eigenvalue weighted by atomic mass is 19.1. The summed E-state index contributed by atoms with van der Waals surface area (Å²) in [4.78, 5) is 26.1. The predicted octanol–water partition coefficient (Wildman–Crippen LogP) is 2.52. The van der Waals surface area contributed by atoms with Gasteiger partial charge in [0.05, 0.1) is 12.2 Å². The molecule has 5 nitrogen and oxygen atoms in total. The highest BCUT2D eigenvalue weighted by Gasteiger charge is 2.35. The second kappa shape index (κ2) is 6.86. The summed E-state index contributed by atoms with van der Waals surface area (Å²) in [7, 11) is 0. The summed E-state index contributed by atoms with van der Waals surface area (Å²) in [5.74, 6) is -0.223. The van der Waals surface area contributed by atoms with Crippen molar-refractivity contribution in [3.8, 4) is 0 Å². The molecule has 0 radical (unpaired) electrons. The summed E-state index contributed by atoms with van der Waals surface area (Å²) in [6, 6.07) is 9.29. The van der Waals surface area contributed by atoms with Crippen LogP contribution in [0, 0.1) is 11.7 Å². The van der Waals surface area contributed by atoms with Gasteiger partial charge in [-0.25, -0.2) is 4.39 Å². The summed E-state index contributed by atoms with van der Waals surface area (Å²) in [6.45, 7) is 2.21. The quantitative estimate of drug-likeness (QED) is 0.916. The molecule has 1 aromatic heterocycles. The van der Waals surface area contributed by atoms with Gasteiger partial charge < -0.3 is 14.6 Å². The largest absolute Gasteiger partial charge is 0.469 e. The van der Waals surface area contributed by atoms with Gasteiger partial charge in [0.1, 0.15) is 11.6 Å². The fourth-order valence-electron chi connectivity index (χ4n) is 2.90. The molecule has 2 atom stereocenters. The third-order valence-electron chi connectivity index (χ3n) is 4.11. The van der Waals surface area contributed by atoms with Gasteiger partial charge >= 0.3 is 0 Å². The zero-order valence-corrected chi connectivity index (χ0v) is 13.4. The molecule has 126 valence electrons. The van der Waals surface area contributed by atoms with Crippen LogP contribution in [0.15, 0.2) is 47.1 Å². The van der Waals surface area contributed by atoms with E-state index in [0.29, 0.717) is 18.7 Å². The Kier molecular flexibility index (Phi) is 4.64. The van der Waals surface area contributed by atoms with Crippen molar-refractivity contribution in [1.82, 2.24) is 5.32 Å². The molecule has 24 heavy (non-hydrogen) atoms. The number of amides is 2. The van der Waals surface area contributed by atoms with Crippen molar-refractivity contribution in [1.29, 1.82) is 0 Å². The Morgan fingerprint density at radius 3 is 2.79 bits per heavy atom. The minimum atomic E-state index is -0.401. The first-order valence-electron chi connectivity index (χ1n) is 7.91. The van der Waals surface area contributed by atoms with E-state index in [2.05, 4.69) is 5.32 Å². The number of nitrogens with zero attached hydrogens (tertiary/aromatic N) is 1. The minimum Gasteiger partial charge on any atom is -0.469 e. The summed E-state index contributed by atoms with van der Waals surface area (Å²) in [5.41, 5.74) is 0.611. The second-order valence-electron chi connectivity index (χ2n) is 6.07. The second-order valence-corrected chi connectivity index (χ2v) is 6.07. The first-order chi connectivity index (χ1) is 11.5. The molecule has 6 heteroatoms. The van der Waals surface area contributed by atoms with E-state index in [1.807, 2.05) is 13.0 Å². The molecule has 1 saturated heterocycles. The van der Waals surface area contributed by atoms with Crippen molar-refractivity contribution in [2.75, 3.05) is 11.4 Å². The summed E-state index contributed by atoms with van der Waals surface area (Å²) in [6.07, 6.45) is 2.36. The highest BCUT2D eigenvalue weighted by molar-refractivity contribution is 6.00. The Balaban J connectivity index is 1.58. The van der Waals surface area contributed by atoms with Crippen LogP contribution < -0.4 is 10.2 Å². The van der Waals surface area contributed by atoms with Gasteiger partial charge in [-0.3, -0.25) is 9.59 Å². The number of hydrogen-bond acceptors (Lipinski definition) is 3. The first-order valence-corrected chi connectivity index (χ1v) is 7.91. The molecule has 0 bridgehead atoms. The number of carbonyl (C=O) groups excluding carboxylic acids is 2. The standard InChI is InChI=1S/C18H19FN2O3/c1-12(9-16-3-2-8-24-16)20-18(23)13-10-17(22)21(11-13)15-6-4-14(19)5-7-15/h2-8,12-13H,9-11H2,1H3,(H,20,23)/t12-,13-/m0/s1. The van der Waals surface area contributed by atoms with Crippen LogP contribution in [-0.2, 0) is 16.0 Å². The molecule has 2 amide bonds. The van der Waals surface area contributed by atoms with Crippen molar-refractivity contribution in [2.45, 2.75) is 25.8 Å². The normalized spacial score (nSPS) is 18.7. The Hall–Kier alpha value is -2.63. The van der Waals surface area contributed by atoms with Gasteiger partial charge in [-0.15, -0.1) is 0 Å². The number of anilines is 1. The molecule has 0 unspecified atom stereocenters. The Morgan fingerprint density at radius 2 is 2.12 bits per heavy atom. The van der Waals surface area contributed by atoms with E-state index in [4.69, 9.17) is 4.42 Å². The van der Waals surface area contributed by atoms with Crippen molar-refractivity contribution in [2.24, 2.45) is 5.92 Å². The van der Waals surface area contributed by atoms with E-state index in [1.54, 1.807) is 24.5 Å². The molecule has 1 N–H and O–H groups in total. The molecule has 3 rings (SSSR count). The van der Waals surface area contributed by atoms with Crippen LogP contribution >= 0.6 is 0 Å². The van der Waals surface area contributed by atoms with Gasteiger partial charge in [-0.1, -0.05) is 0 Å². The third-order valence-corrected chi connectivity index (χ3v) is 4.11. The van der Waals surface area contributed by atoms with Gasteiger partial charge in [0.15, 0.2) is 0 Å². The van der Waals surface area contributed by atoms with Gasteiger partial charge in [-0.05, 0) is 43.3 Å². The summed E-state index contributed by atoms with van der Waals surface area (Å²) < 4.78 is 18.3. The van der Waals surface area contributed by atoms with E-state index in [-0.39, 0.29) is 30.1 Å². The van der Waals surface area contributed by atoms with Crippen LogP contribution in [0.25, 0.3) is 0 Å². The van der Waals surface area contributed by atoms with Crippen molar-refractivity contribution < 1.29 is 18.4 Å². The third kappa shape index (κ3) is 3.64. The maximum absolute atomic E-state index is 13.0. The lowest BCUT2D eigenvalue weighted by Gasteiger charge is -2.18. The van der Waals surface area contributed by atoms with E-state index >= 15 is 0 Å². The van der Waals surface area contributed by atoms with Crippen LogP contribution in [0.5, 0.6) is 0 Å². The Bertz CT molecular complexity index is 712. The van der Waals surface area contributed by atoms with Crippen molar-refractivity contribution in [3.63, 3.8) is 0 Å². The van der Waals surface area contributed by atoms with Gasteiger partial charge in [0, 0.05) is 31.1 Å². The fraction of sp³-hybridized carbons (Fsp3) is 0.333. The zero-order valence-electron chi connectivity index (χ0n) is 13.4. The van der Waals surface area contributed by atoms with Crippen LogP contribution in [-0.4, -0.2) is 24.4 Å². The molecule has 1 aromatic carbocycles. The first kappa shape index (κ1) is 16.2. The van der Waals surface area contributed by atoms with E-state index < -0.39 is 5.92 Å². The van der Waals surface area contributed by atoms with E-state index in [0.717, 1.165) is 5.76 Å². The minimum absolute atomic E-state index is 0.0846. The molecule has 2 aromatic rings. The van der Waals surface area contributed by atoms with Gasteiger partial charge in [-0.2, -0.15) is 0 Å². The van der Waals surface area contributed by atoms with E-state index in [9.17, 15) is 14.0 Å². The number of rotatable bonds is 5. The van der Waals surface area contributed by atoms with Crippen molar-refractivity contribution in [3.05, 3.63) is 54.2 Å². The Morgan fingerprint density at radius 1 is 1.38 bits per heavy atom. The number of benzene rings is 1. The molecule has 0 spiro atoms. The highest BCUT2D eigenvalue weighted by Crippen LogP contribution is 2.25. The molecule has 1 aliphatic heterocycles. The van der Waals surface area contributed by atoms with Gasteiger partial charge in [0.2, 0.25) is 11.8 Å². The monoisotopic (exact) mass is 330 g/mol. The molecule has 1 fully saturated rings. The molecular formula is C18H19FN2O3. The average Bonchev–Trinajstić information content (AvgIpc) is 3.17. The van der Waals surface area contributed by atoms with Crippen LogP contribution in [0.2, 0.25) is 0 Å². The number of furan rings is 1. The fourth-order valence-corrected chi connectivity index (χ4v) is 2.90. The number of halogens is 1. The van der Waals surface area contributed by atoms with Crippen LogP contribution in [0.1, 0.15) is 19.1 Å². The topological polar surface area (TPSA) is 62.6 Å². The number of nitrogens with one attached hydrogen (secondary N) is 1. The SMILES string of the molecule is C[C@@H](Cc1ccco1)NC(=O)[C@H]1CC(=O)N(c2ccc(F)cc2)C1. The average molecular weight is 330 g/mol. The van der Waals surface area contributed by atoms with Gasteiger partial charge in [0.25, 0.3) is 0 Å². The number of carbonyl (C=O) groups is 2. The molecule has 0 aliphatic carbocycles. The molecule has 2 heterocycles. The van der Waals surface area contributed by atoms with Crippen LogP contribution in [0.4, 0.5) is 10.1 Å². The number of hydrogen-bond donors (Lipinski definition) is 1. The smallest absolute Gasteiger partial charge is 0.227 e. The lowest BCUT2D eigenvalue weighted by molar-refractivity contribution is -0.126. The predicted molar refractivity (Wildman–Crippen MR) is 86.9 cm³/mol. The molecular weight excluding hydrogens is 311 g/mol. The molecule has 1 aliphatic rings. The maximum Gasteiger partial charge on any atom is 0.227 e. The summed E-state index contributed by atoms with van der Waals surface area (Å²) >= 11 is 0. The lowest BCUT2D eigenvalue weighted by Crippen LogP contribution is -2.39. The van der Waals surface area contributed by atoms with E-state index in [1.165, 1.54) is 17.0 Å². The van der Waals surface area contributed by atoms with Crippen LogP contribution in [0.3, 0.4) is 0 Å².